The molecule has 44 heavy (non-hydrogen) atoms. The van der Waals surface area contributed by atoms with E-state index in [-0.39, 0.29) is 67.7 Å². The van der Waals surface area contributed by atoms with Crippen LogP contribution in [0, 0.1) is 23.1 Å². The maximum Gasteiger partial charge on any atom is 0.407 e. The third-order valence-electron chi connectivity index (χ3n) is 10.1. The van der Waals surface area contributed by atoms with Gasteiger partial charge in [-0.3, -0.25) is 14.4 Å². The molecule has 0 radical (unpaired) electrons. The van der Waals surface area contributed by atoms with E-state index in [1.54, 1.807) is 6.07 Å². The van der Waals surface area contributed by atoms with Crippen molar-refractivity contribution in [2.45, 2.75) is 65.0 Å². The van der Waals surface area contributed by atoms with Gasteiger partial charge in [-0.25, -0.2) is 9.18 Å². The van der Waals surface area contributed by atoms with Crippen molar-refractivity contribution in [2.75, 3.05) is 39.3 Å². The molecule has 3 heterocycles. The Bertz CT molecular complexity index is 1480. The average molecular weight is 611 g/mol. The lowest BCUT2D eigenvalue weighted by molar-refractivity contribution is -0.157. The molecule has 5 rings (SSSR count). The first kappa shape index (κ1) is 31.7. The summed E-state index contributed by atoms with van der Waals surface area (Å²) in [6.07, 6.45) is 5.05. The van der Waals surface area contributed by atoms with Crippen molar-refractivity contribution in [1.82, 2.24) is 19.3 Å². The second-order valence-electron chi connectivity index (χ2n) is 13.5. The van der Waals surface area contributed by atoms with Crippen LogP contribution in [0.5, 0.6) is 0 Å². The first-order valence-electron chi connectivity index (χ1n) is 15.6. The quantitative estimate of drug-likeness (QED) is 0.490. The number of nitrogens with zero attached hydrogens (tertiary/aromatic N) is 4. The standard InChI is InChI=1S/C33H43FN4O6/c1-22(17-23-7-6-8-23)29(40)37-12-11-33(44,32(2,3)20-37)21-38-19-26(30(41)35-13-15-36(16-14-35)31(42)43)25(18-28(38)39)24-9-4-5-10-27(24)34/h4-5,9-10,18-19,22-23,44H,6-8,11-17,20-21H2,1-3H3,(H,42,43). The van der Waals surface area contributed by atoms with E-state index in [2.05, 4.69) is 0 Å². The third-order valence-corrected chi connectivity index (χ3v) is 10.1. The summed E-state index contributed by atoms with van der Waals surface area (Å²) in [5, 5.41) is 21.3. The smallest absolute Gasteiger partial charge is 0.407 e. The molecule has 3 aliphatic rings. The fourth-order valence-electron chi connectivity index (χ4n) is 6.81. The molecular formula is C33H43FN4O6. The van der Waals surface area contributed by atoms with Crippen LogP contribution in [-0.4, -0.2) is 92.3 Å². The van der Waals surface area contributed by atoms with Gasteiger partial charge in [0, 0.05) is 74.0 Å². The Kier molecular flexibility index (Phi) is 8.89. The summed E-state index contributed by atoms with van der Waals surface area (Å²) in [6.45, 7) is 6.91. The number of likely N-dealkylation sites (tertiary alicyclic amines) is 1. The predicted octanol–water partition coefficient (Wildman–Crippen LogP) is 3.91. The van der Waals surface area contributed by atoms with Crippen LogP contribution < -0.4 is 5.56 Å². The number of benzene rings is 1. The molecule has 1 saturated carbocycles. The lowest BCUT2D eigenvalue weighted by Gasteiger charge is -2.51. The lowest BCUT2D eigenvalue weighted by atomic mass is 9.69. The minimum Gasteiger partial charge on any atom is -0.465 e. The summed E-state index contributed by atoms with van der Waals surface area (Å²) in [5.41, 5.74) is -2.28. The number of rotatable bonds is 7. The fourth-order valence-corrected chi connectivity index (χ4v) is 6.81. The second-order valence-corrected chi connectivity index (χ2v) is 13.5. The van der Waals surface area contributed by atoms with Gasteiger partial charge in [0.15, 0.2) is 0 Å². The van der Waals surface area contributed by atoms with Gasteiger partial charge in [-0.05, 0) is 24.8 Å². The minimum absolute atomic E-state index is 0.0817. The van der Waals surface area contributed by atoms with Crippen molar-refractivity contribution in [2.24, 2.45) is 17.3 Å². The number of hydrogen-bond acceptors (Lipinski definition) is 5. The summed E-state index contributed by atoms with van der Waals surface area (Å²) in [4.78, 5) is 56.6. The van der Waals surface area contributed by atoms with Crippen LogP contribution in [0.1, 0.15) is 63.2 Å². The Hall–Kier alpha value is -3.73. The Labute approximate surface area is 257 Å². The summed E-state index contributed by atoms with van der Waals surface area (Å²) < 4.78 is 16.3. The van der Waals surface area contributed by atoms with Gasteiger partial charge in [-0.2, -0.15) is 0 Å². The molecule has 2 aromatic rings. The zero-order valence-corrected chi connectivity index (χ0v) is 25.8. The van der Waals surface area contributed by atoms with E-state index in [1.807, 2.05) is 25.7 Å². The van der Waals surface area contributed by atoms with Crippen LogP contribution in [0.15, 0.2) is 41.3 Å². The van der Waals surface area contributed by atoms with Crippen LogP contribution in [0.4, 0.5) is 9.18 Å². The van der Waals surface area contributed by atoms with E-state index >= 15 is 0 Å². The SMILES string of the molecule is CC(CC1CCC1)C(=O)N1CCC(O)(Cn2cc(C(=O)N3CCN(C(=O)O)CC3)c(-c3ccccc3F)cc2=O)C(C)(C)C1. The van der Waals surface area contributed by atoms with E-state index in [4.69, 9.17) is 0 Å². The van der Waals surface area contributed by atoms with Crippen molar-refractivity contribution >= 4 is 17.9 Å². The van der Waals surface area contributed by atoms with Gasteiger partial charge in [0.1, 0.15) is 5.82 Å². The first-order valence-corrected chi connectivity index (χ1v) is 15.6. The van der Waals surface area contributed by atoms with E-state index in [0.29, 0.717) is 19.0 Å². The monoisotopic (exact) mass is 610 g/mol. The highest BCUT2D eigenvalue weighted by molar-refractivity contribution is 6.00. The van der Waals surface area contributed by atoms with Gasteiger partial charge in [0.25, 0.3) is 11.5 Å². The highest BCUT2D eigenvalue weighted by Gasteiger charge is 2.49. The second kappa shape index (κ2) is 12.3. The van der Waals surface area contributed by atoms with Gasteiger partial charge < -0.3 is 29.5 Å². The number of hydrogen-bond donors (Lipinski definition) is 2. The zero-order valence-electron chi connectivity index (χ0n) is 25.8. The maximum atomic E-state index is 14.9. The molecule has 2 saturated heterocycles. The molecule has 2 aliphatic heterocycles. The van der Waals surface area contributed by atoms with E-state index in [9.17, 15) is 33.8 Å². The van der Waals surface area contributed by atoms with Crippen molar-refractivity contribution in [3.05, 3.63) is 58.3 Å². The molecule has 2 atom stereocenters. The average Bonchev–Trinajstić information content (AvgIpc) is 2.97. The number of carbonyl (C=O) groups is 3. The molecule has 3 amide bonds. The van der Waals surface area contributed by atoms with Crippen LogP contribution in [-0.2, 0) is 11.3 Å². The molecular weight excluding hydrogens is 567 g/mol. The molecule has 0 bridgehead atoms. The number of carboxylic acid groups (broad SMARTS) is 1. The van der Waals surface area contributed by atoms with Crippen LogP contribution >= 0.6 is 0 Å². The van der Waals surface area contributed by atoms with E-state index in [0.717, 1.165) is 6.42 Å². The molecule has 2 unspecified atom stereocenters. The largest absolute Gasteiger partial charge is 0.465 e. The van der Waals surface area contributed by atoms with Gasteiger partial charge in [0.05, 0.1) is 17.7 Å². The summed E-state index contributed by atoms with van der Waals surface area (Å²) in [5.74, 6) is -0.413. The molecule has 3 fully saturated rings. The van der Waals surface area contributed by atoms with E-state index in [1.165, 1.54) is 64.1 Å². The molecule has 0 spiro atoms. The summed E-state index contributed by atoms with van der Waals surface area (Å²) >= 11 is 0. The van der Waals surface area contributed by atoms with Gasteiger partial charge >= 0.3 is 6.09 Å². The maximum absolute atomic E-state index is 14.9. The molecule has 1 aliphatic carbocycles. The number of piperazine rings is 1. The Balaban J connectivity index is 1.41. The van der Waals surface area contributed by atoms with Gasteiger partial charge in [-0.15, -0.1) is 0 Å². The van der Waals surface area contributed by atoms with Crippen molar-refractivity contribution in [3.8, 4) is 11.1 Å². The molecule has 1 aromatic heterocycles. The summed E-state index contributed by atoms with van der Waals surface area (Å²) in [7, 11) is 0. The predicted molar refractivity (Wildman–Crippen MR) is 163 cm³/mol. The van der Waals surface area contributed by atoms with Crippen LogP contribution in [0.25, 0.3) is 11.1 Å². The van der Waals surface area contributed by atoms with Crippen LogP contribution in [0.3, 0.4) is 0 Å². The number of aliphatic hydroxyl groups is 1. The molecule has 2 N–H and O–H groups in total. The van der Waals surface area contributed by atoms with E-state index < -0.39 is 34.4 Å². The Morgan fingerprint density at radius 1 is 1.00 bits per heavy atom. The Morgan fingerprint density at radius 3 is 2.25 bits per heavy atom. The number of piperidine rings is 1. The molecule has 10 nitrogen and oxygen atoms in total. The molecule has 1 aromatic carbocycles. The number of halogens is 1. The van der Waals surface area contributed by atoms with Crippen molar-refractivity contribution in [3.63, 3.8) is 0 Å². The van der Waals surface area contributed by atoms with Crippen molar-refractivity contribution in [1.29, 1.82) is 0 Å². The van der Waals surface area contributed by atoms with Gasteiger partial charge in [-0.1, -0.05) is 58.2 Å². The summed E-state index contributed by atoms with van der Waals surface area (Å²) in [6, 6.07) is 7.14. The highest BCUT2D eigenvalue weighted by Crippen LogP contribution is 2.41. The zero-order chi connectivity index (χ0) is 31.8. The number of carbonyl (C=O) groups excluding carboxylic acids is 2. The van der Waals surface area contributed by atoms with Gasteiger partial charge in [0.2, 0.25) is 5.91 Å². The van der Waals surface area contributed by atoms with Crippen molar-refractivity contribution < 1.29 is 29.0 Å². The number of pyridine rings is 1. The first-order chi connectivity index (χ1) is 20.8. The fraction of sp³-hybridized carbons (Fsp3) is 0.576. The molecule has 238 valence electrons. The normalized spacial score (nSPS) is 22.8. The van der Waals surface area contributed by atoms with Crippen LogP contribution in [0.2, 0.25) is 0 Å². The third kappa shape index (κ3) is 6.24. The highest BCUT2D eigenvalue weighted by atomic mass is 19.1. The topological polar surface area (TPSA) is 123 Å². The molecule has 11 heteroatoms. The number of amides is 3. The minimum atomic E-state index is -1.36. The Morgan fingerprint density at radius 2 is 1.66 bits per heavy atom. The number of aromatic nitrogens is 1. The lowest BCUT2D eigenvalue weighted by Crippen LogP contribution is -2.61.